The van der Waals surface area contributed by atoms with E-state index >= 15 is 0 Å². The van der Waals surface area contributed by atoms with Gasteiger partial charge in [0.05, 0.1) is 0 Å². The van der Waals surface area contributed by atoms with Crippen LogP contribution in [-0.2, 0) is 0 Å². The van der Waals surface area contributed by atoms with Crippen molar-refractivity contribution in [1.82, 2.24) is 0 Å². The summed E-state index contributed by atoms with van der Waals surface area (Å²) in [5.41, 5.74) is 3.44. The van der Waals surface area contributed by atoms with E-state index in [0.717, 1.165) is 17.8 Å². The quantitative estimate of drug-likeness (QED) is 0.555. The second-order valence-electron chi connectivity index (χ2n) is 8.01. The number of allylic oxidation sites excluding steroid dienone is 2. The molecule has 0 spiro atoms. The van der Waals surface area contributed by atoms with E-state index in [-0.39, 0.29) is 0 Å². The van der Waals surface area contributed by atoms with E-state index in [2.05, 4.69) is 47.6 Å². The first kappa shape index (κ1) is 11.8. The average Bonchev–Trinajstić information content (AvgIpc) is 2.22. The molecule has 4 bridgehead atoms. The Morgan fingerprint density at radius 1 is 1.24 bits per heavy atom. The first-order chi connectivity index (χ1) is 7.79. The van der Waals surface area contributed by atoms with Crippen LogP contribution >= 0.6 is 0 Å². The zero-order valence-corrected chi connectivity index (χ0v) is 12.4. The summed E-state index contributed by atoms with van der Waals surface area (Å²) >= 11 is 0. The minimum Gasteiger partial charge on any atom is -0.0847 e. The maximum Gasteiger partial charge on any atom is -0.00842 e. The second kappa shape index (κ2) is 3.00. The molecule has 96 valence electrons. The summed E-state index contributed by atoms with van der Waals surface area (Å²) in [4.78, 5) is 0. The van der Waals surface area contributed by atoms with Gasteiger partial charge in [0, 0.05) is 0 Å². The van der Waals surface area contributed by atoms with Crippen LogP contribution in [0.5, 0.6) is 0 Å². The van der Waals surface area contributed by atoms with Crippen molar-refractivity contribution in [2.75, 3.05) is 0 Å². The molecule has 2 fully saturated rings. The summed E-state index contributed by atoms with van der Waals surface area (Å²) in [6.45, 7) is 15.0. The SMILES string of the molecule is CC1=CC[C@]2(C)C3(C)CC[C@@H](C(C)C)[C@]2(C)C13. The van der Waals surface area contributed by atoms with Crippen LogP contribution in [0, 0.1) is 34.0 Å². The third kappa shape index (κ3) is 0.956. The standard InChI is InChI=1S/C17H28/c1-11(2)13-8-9-15(4)14-12(3)7-10-16(15,5)17(13,14)6/h7,11,13-14H,8-10H2,1-6H3/t13-,14?,15?,16+,17+/m0/s1. The van der Waals surface area contributed by atoms with Crippen molar-refractivity contribution in [3.63, 3.8) is 0 Å². The summed E-state index contributed by atoms with van der Waals surface area (Å²) in [7, 11) is 0. The predicted octanol–water partition coefficient (Wildman–Crippen LogP) is 5.05. The summed E-state index contributed by atoms with van der Waals surface area (Å²) in [6, 6.07) is 0. The van der Waals surface area contributed by atoms with Gasteiger partial charge in [0.15, 0.2) is 0 Å². The fourth-order valence-corrected chi connectivity index (χ4v) is 6.57. The Kier molecular flexibility index (Phi) is 2.09. The van der Waals surface area contributed by atoms with Crippen molar-refractivity contribution in [2.24, 2.45) is 34.0 Å². The maximum atomic E-state index is 2.61. The van der Waals surface area contributed by atoms with Crippen molar-refractivity contribution < 1.29 is 0 Å². The van der Waals surface area contributed by atoms with Crippen LogP contribution in [0.15, 0.2) is 11.6 Å². The number of hydrogen-bond acceptors (Lipinski definition) is 0. The van der Waals surface area contributed by atoms with E-state index in [1.807, 2.05) is 0 Å². The molecule has 4 rings (SSSR count). The second-order valence-corrected chi connectivity index (χ2v) is 8.01. The van der Waals surface area contributed by atoms with E-state index < -0.39 is 0 Å². The topological polar surface area (TPSA) is 0 Å². The minimum atomic E-state index is 0.567. The fourth-order valence-electron chi connectivity index (χ4n) is 6.57. The van der Waals surface area contributed by atoms with E-state index in [1.54, 1.807) is 5.57 Å². The van der Waals surface area contributed by atoms with Gasteiger partial charge >= 0.3 is 0 Å². The van der Waals surface area contributed by atoms with E-state index in [4.69, 9.17) is 0 Å². The van der Waals surface area contributed by atoms with Crippen molar-refractivity contribution >= 4 is 0 Å². The Labute approximate surface area is 107 Å². The average molecular weight is 232 g/mol. The third-order valence-corrected chi connectivity index (χ3v) is 7.52. The molecule has 0 saturated heterocycles. The molecule has 2 saturated carbocycles. The van der Waals surface area contributed by atoms with E-state index in [1.165, 1.54) is 19.3 Å². The van der Waals surface area contributed by atoms with Gasteiger partial charge in [-0.1, -0.05) is 46.3 Å². The van der Waals surface area contributed by atoms with Gasteiger partial charge in [-0.2, -0.15) is 0 Å². The lowest BCUT2D eigenvalue weighted by Gasteiger charge is -2.82. The molecular weight excluding hydrogens is 204 g/mol. The fraction of sp³-hybridized carbons (Fsp3) is 0.882. The Balaban J connectivity index is 2.13. The third-order valence-electron chi connectivity index (χ3n) is 7.52. The highest BCUT2D eigenvalue weighted by atomic mass is 14.8. The van der Waals surface area contributed by atoms with Crippen molar-refractivity contribution in [2.45, 2.75) is 60.8 Å². The highest BCUT2D eigenvalue weighted by Gasteiger charge is 2.78. The number of rotatable bonds is 1. The van der Waals surface area contributed by atoms with Crippen LogP contribution < -0.4 is 0 Å². The van der Waals surface area contributed by atoms with Crippen molar-refractivity contribution in [1.29, 1.82) is 0 Å². The molecule has 0 amide bonds. The Bertz CT molecular complexity index is 391. The molecule has 0 nitrogen and oxygen atoms in total. The largest absolute Gasteiger partial charge is 0.0847 e. The zero-order valence-electron chi connectivity index (χ0n) is 12.4. The molecule has 0 aromatic heterocycles. The van der Waals surface area contributed by atoms with Crippen LogP contribution in [-0.4, -0.2) is 0 Å². The normalized spacial score (nSPS) is 56.5. The predicted molar refractivity (Wildman–Crippen MR) is 73.7 cm³/mol. The van der Waals surface area contributed by atoms with Crippen LogP contribution in [0.3, 0.4) is 0 Å². The van der Waals surface area contributed by atoms with E-state index in [9.17, 15) is 0 Å². The maximum absolute atomic E-state index is 2.61. The molecule has 4 aliphatic carbocycles. The molecule has 0 aromatic rings. The highest BCUT2D eigenvalue weighted by molar-refractivity contribution is 5.36. The van der Waals surface area contributed by atoms with Gasteiger partial charge < -0.3 is 0 Å². The Hall–Kier alpha value is -0.260. The molecule has 4 aliphatic rings. The van der Waals surface area contributed by atoms with Gasteiger partial charge in [0.2, 0.25) is 0 Å². The molecule has 0 aromatic carbocycles. The molecule has 0 heterocycles. The summed E-state index contributed by atoms with van der Waals surface area (Å²) < 4.78 is 0. The lowest BCUT2D eigenvalue weighted by Crippen LogP contribution is -2.76. The smallest absolute Gasteiger partial charge is 0.00842 e. The molecule has 2 unspecified atom stereocenters. The summed E-state index contributed by atoms with van der Waals surface area (Å²) in [5.74, 6) is 2.65. The van der Waals surface area contributed by atoms with Crippen LogP contribution in [0.1, 0.15) is 60.8 Å². The highest BCUT2D eigenvalue weighted by Crippen LogP contribution is 2.84. The van der Waals surface area contributed by atoms with E-state index in [0.29, 0.717) is 16.2 Å². The molecule has 5 atom stereocenters. The summed E-state index contributed by atoms with van der Waals surface area (Å²) in [5, 5.41) is 0. The Morgan fingerprint density at radius 2 is 1.88 bits per heavy atom. The van der Waals surface area contributed by atoms with Crippen LogP contribution in [0.2, 0.25) is 0 Å². The van der Waals surface area contributed by atoms with Gasteiger partial charge in [0.25, 0.3) is 0 Å². The monoisotopic (exact) mass is 232 g/mol. The number of fused-ring (bicyclic) bond motifs is 1. The van der Waals surface area contributed by atoms with Crippen molar-refractivity contribution in [3.05, 3.63) is 11.6 Å². The first-order valence-electron chi connectivity index (χ1n) is 7.46. The van der Waals surface area contributed by atoms with Gasteiger partial charge in [-0.3, -0.25) is 0 Å². The van der Waals surface area contributed by atoms with Gasteiger partial charge in [0.1, 0.15) is 0 Å². The van der Waals surface area contributed by atoms with Crippen LogP contribution in [0.25, 0.3) is 0 Å². The van der Waals surface area contributed by atoms with Gasteiger partial charge in [-0.05, 0) is 60.2 Å². The van der Waals surface area contributed by atoms with Crippen molar-refractivity contribution in [3.8, 4) is 0 Å². The molecule has 0 N–H and O–H groups in total. The van der Waals surface area contributed by atoms with Crippen LogP contribution in [0.4, 0.5) is 0 Å². The lowest BCUT2D eigenvalue weighted by atomic mass is 9.22. The Morgan fingerprint density at radius 3 is 2.47 bits per heavy atom. The van der Waals surface area contributed by atoms with Gasteiger partial charge in [-0.25, -0.2) is 0 Å². The molecule has 0 aliphatic heterocycles. The zero-order chi connectivity index (χ0) is 12.6. The first-order valence-corrected chi connectivity index (χ1v) is 7.46. The van der Waals surface area contributed by atoms with Gasteiger partial charge in [-0.15, -0.1) is 0 Å². The number of hydrogen-bond donors (Lipinski definition) is 0. The molecular formula is C17H28. The summed E-state index contributed by atoms with van der Waals surface area (Å²) in [6.07, 6.45) is 6.78. The molecule has 0 heteroatoms. The lowest BCUT2D eigenvalue weighted by molar-refractivity contribution is -0.313. The molecule has 17 heavy (non-hydrogen) atoms. The minimum absolute atomic E-state index is 0.567. The molecule has 0 radical (unpaired) electrons.